The van der Waals surface area contributed by atoms with Gasteiger partial charge in [-0.15, -0.1) is 0 Å². The van der Waals surface area contributed by atoms with Gasteiger partial charge in [-0.1, -0.05) is 120 Å². The van der Waals surface area contributed by atoms with Gasteiger partial charge in [-0.05, 0) is 92.2 Å². The van der Waals surface area contributed by atoms with Crippen LogP contribution in [0.25, 0.3) is 89.1 Å². The molecule has 8 bridgehead atoms. The number of benzene rings is 5. The fraction of sp³-hybridized carbons (Fsp3) is 0.200. The van der Waals surface area contributed by atoms with E-state index in [1.165, 1.54) is 36.4 Å². The van der Waals surface area contributed by atoms with Gasteiger partial charge < -0.3 is 4.98 Å². The zero-order valence-corrected chi connectivity index (χ0v) is 33.2. The number of pyridine rings is 2. The molecule has 1 aliphatic rings. The number of nitrogens with zero attached hydrogens (tertiary/aromatic N) is 2. The second-order valence-corrected chi connectivity index (χ2v) is 17.4. The van der Waals surface area contributed by atoms with Crippen molar-refractivity contribution in [3.63, 3.8) is 0 Å². The molecule has 9 heteroatoms. The highest BCUT2D eigenvalue weighted by molar-refractivity contribution is 6.16. The minimum Gasteiger partial charge on any atom is -0.353 e. The van der Waals surface area contributed by atoms with Gasteiger partial charge in [-0.3, -0.25) is 0 Å². The van der Waals surface area contributed by atoms with Crippen molar-refractivity contribution in [3.8, 4) is 67.3 Å². The highest BCUT2D eigenvalue weighted by Gasteiger charge is 2.44. The summed E-state index contributed by atoms with van der Waals surface area (Å²) in [4.78, 5) is 13.0. The molecule has 0 aliphatic carbocycles. The van der Waals surface area contributed by atoms with Gasteiger partial charge in [-0.25, -0.2) is 9.97 Å². The van der Waals surface area contributed by atoms with Gasteiger partial charge >= 0.3 is 12.4 Å². The lowest BCUT2D eigenvalue weighted by Crippen LogP contribution is -2.17. The third-order valence-corrected chi connectivity index (χ3v) is 11.3. The molecule has 296 valence electrons. The monoisotopic (exact) mass is 795 g/mol. The van der Waals surface area contributed by atoms with Crippen molar-refractivity contribution in [2.24, 2.45) is 0 Å². The maximum absolute atomic E-state index is 15.9. The Balaban J connectivity index is 1.58. The molecule has 0 fully saturated rings. The highest BCUT2D eigenvalue weighted by atomic mass is 19.4. The van der Waals surface area contributed by atoms with Crippen LogP contribution in [-0.2, 0) is 23.2 Å². The summed E-state index contributed by atoms with van der Waals surface area (Å²) in [6, 6.07) is 34.1. The molecule has 0 unspecified atom stereocenters. The lowest BCUT2D eigenvalue weighted by Gasteiger charge is -2.24. The molecule has 0 spiro atoms. The van der Waals surface area contributed by atoms with E-state index in [1.807, 2.05) is 39.0 Å². The van der Waals surface area contributed by atoms with Crippen LogP contribution >= 0.6 is 0 Å². The Morgan fingerprint density at radius 1 is 0.407 bits per heavy atom. The van der Waals surface area contributed by atoms with Gasteiger partial charge in [0.2, 0.25) is 0 Å². The summed E-state index contributed by atoms with van der Waals surface area (Å²) in [7, 11) is 0. The summed E-state index contributed by atoms with van der Waals surface area (Å²) >= 11 is 0. The number of hydrogen-bond donors (Lipinski definition) is 1. The van der Waals surface area contributed by atoms with E-state index >= 15 is 26.3 Å². The topological polar surface area (TPSA) is 41.6 Å². The Morgan fingerprint density at radius 3 is 1.32 bits per heavy atom. The first-order valence-corrected chi connectivity index (χ1v) is 19.4. The van der Waals surface area contributed by atoms with Crippen LogP contribution in [0.4, 0.5) is 26.3 Å². The first-order valence-electron chi connectivity index (χ1n) is 19.4. The third kappa shape index (κ3) is 6.57. The molecule has 1 N–H and O–H groups in total. The molecule has 3 aromatic heterocycles. The van der Waals surface area contributed by atoms with Crippen molar-refractivity contribution in [2.45, 2.75) is 64.7 Å². The van der Waals surface area contributed by atoms with Gasteiger partial charge in [0.1, 0.15) is 11.4 Å². The van der Waals surface area contributed by atoms with Crippen LogP contribution in [-0.4, -0.2) is 15.0 Å². The predicted octanol–water partition coefficient (Wildman–Crippen LogP) is 15.1. The zero-order chi connectivity index (χ0) is 41.8. The van der Waals surface area contributed by atoms with Crippen molar-refractivity contribution in [1.29, 1.82) is 0 Å². The molecule has 8 aromatic rings. The second-order valence-electron chi connectivity index (χ2n) is 17.4. The standard InChI is InChI=1S/C50H39F6N3/c1-47(2,3)31-21-35-29-18-13-19-30(20-29)39-25-33(27-14-9-7-10-15-27)41(49(51,52)53)45(57-39)46-42(50(54,55)56)34(28-16-11-8-12-17-28)26-40(58-46)38-24-32(48(4,5)6)23-37-36(22-31)43(35)59-44(37)38/h7-26,59H,1-6H3. The van der Waals surface area contributed by atoms with E-state index in [4.69, 9.17) is 4.98 Å². The highest BCUT2D eigenvalue weighted by Crippen LogP contribution is 2.51. The fourth-order valence-corrected chi connectivity index (χ4v) is 8.23. The molecule has 0 radical (unpaired) electrons. The molecule has 0 saturated heterocycles. The SMILES string of the molecule is CC(C)(C)c1cc2c3[nH]c4c(cc(C(C)(C)C)cc4c3c1)-c1cc(-c3ccccc3)c(C(F)(F)F)c(n1)-c1nc(cc(-c3ccccc3)c1C(F)(F)F)-c1cccc-2c1. The lowest BCUT2D eigenvalue weighted by molar-refractivity contribution is -0.139. The summed E-state index contributed by atoms with van der Waals surface area (Å²) < 4.78 is 95.1. The molecular formula is C50H39F6N3. The van der Waals surface area contributed by atoms with E-state index in [0.29, 0.717) is 16.6 Å². The molecule has 5 aromatic carbocycles. The molecular weight excluding hydrogens is 757 g/mol. The largest absolute Gasteiger partial charge is 0.419 e. The van der Waals surface area contributed by atoms with Gasteiger partial charge in [0.15, 0.2) is 0 Å². The number of H-pyrrole nitrogens is 1. The van der Waals surface area contributed by atoms with E-state index in [9.17, 15) is 0 Å². The molecule has 4 heterocycles. The summed E-state index contributed by atoms with van der Waals surface area (Å²) in [5.74, 6) is 0. The van der Waals surface area contributed by atoms with Crippen LogP contribution in [0, 0.1) is 0 Å². The summed E-state index contributed by atoms with van der Waals surface area (Å²) in [5, 5.41) is 1.74. The average Bonchev–Trinajstić information content (AvgIpc) is 3.57. The van der Waals surface area contributed by atoms with Crippen LogP contribution in [0.5, 0.6) is 0 Å². The first kappa shape index (κ1) is 38.3. The molecule has 0 amide bonds. The Morgan fingerprint density at radius 2 is 0.831 bits per heavy atom. The second kappa shape index (κ2) is 13.1. The van der Waals surface area contributed by atoms with Gasteiger partial charge in [0.25, 0.3) is 0 Å². The summed E-state index contributed by atoms with van der Waals surface area (Å²) in [5.41, 5.74) is 0.606. The van der Waals surface area contributed by atoms with Crippen LogP contribution < -0.4 is 0 Å². The maximum Gasteiger partial charge on any atom is 0.419 e. The lowest BCUT2D eigenvalue weighted by atomic mass is 9.82. The smallest absolute Gasteiger partial charge is 0.353 e. The molecule has 0 atom stereocenters. The number of nitrogens with one attached hydrogen (secondary N) is 1. The van der Waals surface area contributed by atoms with E-state index in [0.717, 1.165) is 38.5 Å². The quantitative estimate of drug-likeness (QED) is 0.177. The number of fused-ring (bicyclic) bond motifs is 11. The molecule has 59 heavy (non-hydrogen) atoms. The molecule has 0 saturated carbocycles. The van der Waals surface area contributed by atoms with E-state index in [1.54, 1.807) is 48.5 Å². The normalized spacial score (nSPS) is 13.1. The van der Waals surface area contributed by atoms with Crippen molar-refractivity contribution < 1.29 is 26.3 Å². The van der Waals surface area contributed by atoms with Crippen molar-refractivity contribution in [1.82, 2.24) is 15.0 Å². The van der Waals surface area contributed by atoms with Crippen LogP contribution in [0.15, 0.2) is 121 Å². The summed E-state index contributed by atoms with van der Waals surface area (Å²) in [6.45, 7) is 12.5. The van der Waals surface area contributed by atoms with E-state index in [2.05, 4.69) is 48.9 Å². The number of aromatic nitrogens is 3. The third-order valence-electron chi connectivity index (χ3n) is 11.3. The van der Waals surface area contributed by atoms with Crippen LogP contribution in [0.2, 0.25) is 0 Å². The number of rotatable bonds is 2. The Labute approximate surface area is 337 Å². The fourth-order valence-electron chi connectivity index (χ4n) is 8.23. The van der Waals surface area contributed by atoms with Crippen LogP contribution in [0.3, 0.4) is 0 Å². The van der Waals surface area contributed by atoms with Crippen molar-refractivity contribution in [2.75, 3.05) is 0 Å². The zero-order valence-electron chi connectivity index (χ0n) is 33.2. The maximum atomic E-state index is 15.9. The summed E-state index contributed by atoms with van der Waals surface area (Å²) in [6.07, 6.45) is -10.3. The molecule has 9 rings (SSSR count). The Hall–Kier alpha value is -6.22. The van der Waals surface area contributed by atoms with E-state index < -0.39 is 40.3 Å². The molecule has 1 aliphatic heterocycles. The van der Waals surface area contributed by atoms with Gasteiger partial charge in [-0.2, -0.15) is 26.3 Å². The van der Waals surface area contributed by atoms with Crippen molar-refractivity contribution >= 4 is 21.8 Å². The van der Waals surface area contributed by atoms with E-state index in [-0.39, 0.29) is 39.1 Å². The first-order chi connectivity index (χ1) is 27.8. The van der Waals surface area contributed by atoms with Gasteiger partial charge in [0, 0.05) is 27.5 Å². The average molecular weight is 796 g/mol. The molecule has 3 nitrogen and oxygen atoms in total. The number of alkyl halides is 6. The van der Waals surface area contributed by atoms with Crippen molar-refractivity contribution in [3.05, 3.63) is 144 Å². The minimum absolute atomic E-state index is 0.0696. The van der Waals surface area contributed by atoms with Gasteiger partial charge in [0.05, 0.1) is 33.5 Å². The number of halogens is 6. The minimum atomic E-state index is -5.15. The predicted molar refractivity (Wildman–Crippen MR) is 225 cm³/mol. The Bertz CT molecular complexity index is 2960. The number of aromatic amines is 1. The number of hydrogen-bond acceptors (Lipinski definition) is 2. The van der Waals surface area contributed by atoms with Crippen LogP contribution in [0.1, 0.15) is 63.8 Å². The Kier molecular flexibility index (Phi) is 8.54.